The van der Waals surface area contributed by atoms with Crippen LogP contribution >= 0.6 is 0 Å². The van der Waals surface area contributed by atoms with E-state index in [1.54, 1.807) is 0 Å². The van der Waals surface area contributed by atoms with E-state index in [1.807, 2.05) is 0 Å². The number of fused-ring (bicyclic) bond motifs is 1. The van der Waals surface area contributed by atoms with Crippen molar-refractivity contribution in [1.82, 2.24) is 10.2 Å². The fourth-order valence-electron chi connectivity index (χ4n) is 1.43. The Labute approximate surface area is 87.4 Å². The number of carbonyl (C=O) groups excluding carboxylic acids is 1. The lowest BCUT2D eigenvalue weighted by Gasteiger charge is -2.09. The first-order chi connectivity index (χ1) is 7.52. The number of hydrogen-bond donors (Lipinski definition) is 2. The number of benzene rings is 1. The summed E-state index contributed by atoms with van der Waals surface area (Å²) in [4.78, 5) is 10.2. The minimum atomic E-state index is -4.49. The Kier molecular flexibility index (Phi) is 2.30. The molecular formula is C9H6F3N3O. The summed E-state index contributed by atoms with van der Waals surface area (Å²) in [7, 11) is 0. The number of aromatic amines is 1. The van der Waals surface area contributed by atoms with Gasteiger partial charge in [0.2, 0.25) is 6.41 Å². The average Bonchev–Trinajstić information content (AvgIpc) is 2.63. The SMILES string of the molecule is O=CNc1cc(C(F)(F)F)c2[nH]ncc2c1. The van der Waals surface area contributed by atoms with Crippen LogP contribution in [0.15, 0.2) is 18.3 Å². The van der Waals surface area contributed by atoms with Crippen LogP contribution in [0.1, 0.15) is 5.56 Å². The van der Waals surface area contributed by atoms with Gasteiger partial charge in [-0.15, -0.1) is 0 Å². The van der Waals surface area contributed by atoms with Crippen LogP contribution in [-0.2, 0) is 11.0 Å². The highest BCUT2D eigenvalue weighted by molar-refractivity contribution is 5.88. The number of nitrogens with one attached hydrogen (secondary N) is 2. The van der Waals surface area contributed by atoms with Crippen LogP contribution in [0.5, 0.6) is 0 Å². The Morgan fingerprint density at radius 3 is 2.75 bits per heavy atom. The highest BCUT2D eigenvalue weighted by Gasteiger charge is 2.33. The number of alkyl halides is 3. The number of aromatic nitrogens is 2. The molecule has 0 fully saturated rings. The van der Waals surface area contributed by atoms with E-state index in [-0.39, 0.29) is 11.2 Å². The van der Waals surface area contributed by atoms with Crippen molar-refractivity contribution in [2.75, 3.05) is 5.32 Å². The molecular weight excluding hydrogens is 223 g/mol. The molecule has 0 bridgehead atoms. The van der Waals surface area contributed by atoms with Gasteiger partial charge in [-0.1, -0.05) is 0 Å². The molecule has 2 aromatic rings. The maximum Gasteiger partial charge on any atom is 0.418 e. The molecule has 0 aliphatic rings. The third-order valence-electron chi connectivity index (χ3n) is 2.08. The van der Waals surface area contributed by atoms with E-state index in [4.69, 9.17) is 0 Å². The molecule has 0 unspecified atom stereocenters. The second kappa shape index (κ2) is 3.51. The van der Waals surface area contributed by atoms with E-state index in [0.717, 1.165) is 6.07 Å². The van der Waals surface area contributed by atoms with Crippen LogP contribution in [0.25, 0.3) is 10.9 Å². The van der Waals surface area contributed by atoms with Crippen molar-refractivity contribution in [2.24, 2.45) is 0 Å². The van der Waals surface area contributed by atoms with E-state index < -0.39 is 11.7 Å². The highest BCUT2D eigenvalue weighted by atomic mass is 19.4. The summed E-state index contributed by atoms with van der Waals surface area (Å²) in [6.45, 7) is 0. The molecule has 7 heteroatoms. The van der Waals surface area contributed by atoms with Crippen LogP contribution in [0.2, 0.25) is 0 Å². The lowest BCUT2D eigenvalue weighted by Crippen LogP contribution is -2.07. The molecule has 84 valence electrons. The quantitative estimate of drug-likeness (QED) is 0.775. The molecule has 0 radical (unpaired) electrons. The lowest BCUT2D eigenvalue weighted by atomic mass is 10.1. The predicted molar refractivity (Wildman–Crippen MR) is 50.8 cm³/mol. The van der Waals surface area contributed by atoms with Gasteiger partial charge >= 0.3 is 6.18 Å². The van der Waals surface area contributed by atoms with Crippen LogP contribution in [0, 0.1) is 0 Å². The molecule has 1 aromatic heterocycles. The Balaban J connectivity index is 2.68. The van der Waals surface area contributed by atoms with Gasteiger partial charge < -0.3 is 5.32 Å². The molecule has 16 heavy (non-hydrogen) atoms. The number of H-pyrrole nitrogens is 1. The fourth-order valence-corrected chi connectivity index (χ4v) is 1.43. The predicted octanol–water partition coefficient (Wildman–Crippen LogP) is 2.15. The normalized spacial score (nSPS) is 11.7. The third-order valence-corrected chi connectivity index (χ3v) is 2.08. The zero-order valence-electron chi connectivity index (χ0n) is 7.80. The number of anilines is 1. The Morgan fingerprint density at radius 1 is 1.38 bits per heavy atom. The number of carbonyl (C=O) groups is 1. The van der Waals surface area contributed by atoms with Gasteiger partial charge in [0, 0.05) is 11.1 Å². The van der Waals surface area contributed by atoms with Crippen LogP contribution in [0.4, 0.5) is 18.9 Å². The van der Waals surface area contributed by atoms with Crippen molar-refractivity contribution < 1.29 is 18.0 Å². The minimum Gasteiger partial charge on any atom is -0.329 e. The van der Waals surface area contributed by atoms with E-state index in [1.165, 1.54) is 12.3 Å². The van der Waals surface area contributed by atoms with Crippen LogP contribution in [-0.4, -0.2) is 16.6 Å². The van der Waals surface area contributed by atoms with Crippen molar-refractivity contribution in [2.45, 2.75) is 6.18 Å². The molecule has 0 spiro atoms. The molecule has 0 saturated heterocycles. The Morgan fingerprint density at radius 2 is 2.12 bits per heavy atom. The number of hydrogen-bond acceptors (Lipinski definition) is 2. The first kappa shape index (κ1) is 10.5. The molecule has 0 aliphatic carbocycles. The maximum absolute atomic E-state index is 12.7. The van der Waals surface area contributed by atoms with Crippen molar-refractivity contribution >= 4 is 23.0 Å². The highest BCUT2D eigenvalue weighted by Crippen LogP contribution is 2.35. The van der Waals surface area contributed by atoms with Gasteiger partial charge in [0.15, 0.2) is 0 Å². The molecule has 1 aromatic carbocycles. The van der Waals surface area contributed by atoms with Crippen molar-refractivity contribution in [3.63, 3.8) is 0 Å². The minimum absolute atomic E-state index is 0.0798. The second-order valence-corrected chi connectivity index (χ2v) is 3.12. The summed E-state index contributed by atoms with van der Waals surface area (Å²) < 4.78 is 38.0. The molecule has 2 N–H and O–H groups in total. The van der Waals surface area contributed by atoms with Crippen molar-refractivity contribution in [3.05, 3.63) is 23.9 Å². The maximum atomic E-state index is 12.7. The number of nitrogens with zero attached hydrogens (tertiary/aromatic N) is 1. The topological polar surface area (TPSA) is 57.8 Å². The first-order valence-corrected chi connectivity index (χ1v) is 4.27. The molecule has 1 amide bonds. The summed E-state index contributed by atoms with van der Waals surface area (Å²) in [5, 5.41) is 8.28. The molecule has 0 aliphatic heterocycles. The summed E-state index contributed by atoms with van der Waals surface area (Å²) >= 11 is 0. The smallest absolute Gasteiger partial charge is 0.329 e. The zero-order chi connectivity index (χ0) is 11.8. The Hall–Kier alpha value is -2.05. The average molecular weight is 229 g/mol. The molecule has 0 saturated carbocycles. The zero-order valence-corrected chi connectivity index (χ0v) is 7.80. The van der Waals surface area contributed by atoms with E-state index in [2.05, 4.69) is 15.5 Å². The van der Waals surface area contributed by atoms with E-state index >= 15 is 0 Å². The van der Waals surface area contributed by atoms with E-state index in [9.17, 15) is 18.0 Å². The lowest BCUT2D eigenvalue weighted by molar-refractivity contribution is -0.136. The second-order valence-electron chi connectivity index (χ2n) is 3.12. The molecule has 4 nitrogen and oxygen atoms in total. The van der Waals surface area contributed by atoms with Gasteiger partial charge in [0.05, 0.1) is 17.3 Å². The largest absolute Gasteiger partial charge is 0.418 e. The van der Waals surface area contributed by atoms with Crippen LogP contribution < -0.4 is 5.32 Å². The molecule has 0 atom stereocenters. The molecule has 2 rings (SSSR count). The Bertz CT molecular complexity index is 532. The summed E-state index contributed by atoms with van der Waals surface area (Å²) in [5.41, 5.74) is -0.868. The summed E-state index contributed by atoms with van der Waals surface area (Å²) in [6, 6.07) is 2.26. The van der Waals surface area contributed by atoms with Gasteiger partial charge in [0.1, 0.15) is 0 Å². The van der Waals surface area contributed by atoms with Crippen LogP contribution in [0.3, 0.4) is 0 Å². The van der Waals surface area contributed by atoms with Gasteiger partial charge in [-0.25, -0.2) is 0 Å². The number of rotatable bonds is 2. The van der Waals surface area contributed by atoms with Gasteiger partial charge in [0.25, 0.3) is 0 Å². The third kappa shape index (κ3) is 1.71. The first-order valence-electron chi connectivity index (χ1n) is 4.27. The number of amides is 1. The van der Waals surface area contributed by atoms with E-state index in [0.29, 0.717) is 11.8 Å². The monoisotopic (exact) mass is 229 g/mol. The van der Waals surface area contributed by atoms with Gasteiger partial charge in [-0.05, 0) is 12.1 Å². The van der Waals surface area contributed by atoms with Gasteiger partial charge in [-0.3, -0.25) is 9.89 Å². The summed E-state index contributed by atoms with van der Waals surface area (Å²) in [5.74, 6) is 0. The fraction of sp³-hybridized carbons (Fsp3) is 0.111. The molecule has 1 heterocycles. The van der Waals surface area contributed by atoms with Crippen molar-refractivity contribution in [3.8, 4) is 0 Å². The van der Waals surface area contributed by atoms with Crippen molar-refractivity contribution in [1.29, 1.82) is 0 Å². The number of halogens is 3. The van der Waals surface area contributed by atoms with Gasteiger partial charge in [-0.2, -0.15) is 18.3 Å². The summed E-state index contributed by atoms with van der Waals surface area (Å²) in [6.07, 6.45) is -2.91. The standard InChI is InChI=1S/C9H6F3N3O/c10-9(11,12)7-2-6(13-4-16)1-5-3-14-15-8(5)7/h1-4H,(H,13,16)(H,14,15).